The van der Waals surface area contributed by atoms with E-state index in [1.54, 1.807) is 18.7 Å². The first-order valence-electron chi connectivity index (χ1n) is 5.49. The van der Waals surface area contributed by atoms with E-state index in [2.05, 4.69) is 10.6 Å². The Kier molecular flexibility index (Phi) is 5.86. The molecular weight excluding hydrogens is 236 g/mol. The lowest BCUT2D eigenvalue weighted by Crippen LogP contribution is -2.30. The van der Waals surface area contributed by atoms with Gasteiger partial charge in [-0.2, -0.15) is 0 Å². The van der Waals surface area contributed by atoms with Crippen molar-refractivity contribution in [2.45, 2.75) is 24.3 Å². The SMILES string of the molecule is CSc1ccc(NC(=O)NCCC(C)O)cc1. The Morgan fingerprint density at radius 1 is 1.41 bits per heavy atom. The Hall–Kier alpha value is -1.20. The number of aliphatic hydroxyl groups excluding tert-OH is 1. The van der Waals surface area contributed by atoms with Crippen molar-refractivity contribution in [1.82, 2.24) is 5.32 Å². The molecule has 1 aromatic rings. The highest BCUT2D eigenvalue weighted by atomic mass is 32.2. The second-order valence-corrected chi connectivity index (χ2v) is 4.63. The zero-order valence-electron chi connectivity index (χ0n) is 10.1. The third-order valence-corrected chi connectivity index (χ3v) is 2.94. The molecule has 0 spiro atoms. The van der Waals surface area contributed by atoms with Crippen molar-refractivity contribution in [3.8, 4) is 0 Å². The van der Waals surface area contributed by atoms with Gasteiger partial charge in [-0.25, -0.2) is 4.79 Å². The van der Waals surface area contributed by atoms with Gasteiger partial charge in [-0.15, -0.1) is 11.8 Å². The van der Waals surface area contributed by atoms with Gasteiger partial charge in [-0.3, -0.25) is 0 Å². The van der Waals surface area contributed by atoms with Gasteiger partial charge in [-0.1, -0.05) is 0 Å². The highest BCUT2D eigenvalue weighted by molar-refractivity contribution is 7.98. The Morgan fingerprint density at radius 2 is 2.06 bits per heavy atom. The first-order chi connectivity index (χ1) is 8.11. The number of urea groups is 1. The largest absolute Gasteiger partial charge is 0.393 e. The fourth-order valence-electron chi connectivity index (χ4n) is 1.24. The summed E-state index contributed by atoms with van der Waals surface area (Å²) in [5, 5.41) is 14.4. The van der Waals surface area contributed by atoms with Crippen LogP contribution in [0.4, 0.5) is 10.5 Å². The molecule has 0 aliphatic rings. The number of thioether (sulfide) groups is 1. The molecule has 0 aliphatic carbocycles. The summed E-state index contributed by atoms with van der Waals surface area (Å²) in [4.78, 5) is 12.6. The molecule has 4 nitrogen and oxygen atoms in total. The molecule has 94 valence electrons. The average Bonchev–Trinajstić information content (AvgIpc) is 2.29. The number of rotatable bonds is 5. The van der Waals surface area contributed by atoms with Gasteiger partial charge in [0.2, 0.25) is 0 Å². The van der Waals surface area contributed by atoms with Crippen molar-refractivity contribution in [2.75, 3.05) is 18.1 Å². The molecule has 2 amide bonds. The van der Waals surface area contributed by atoms with Crippen LogP contribution in [0.25, 0.3) is 0 Å². The fraction of sp³-hybridized carbons (Fsp3) is 0.417. The van der Waals surface area contributed by atoms with Crippen LogP contribution < -0.4 is 10.6 Å². The molecule has 0 saturated carbocycles. The quantitative estimate of drug-likeness (QED) is 0.707. The summed E-state index contributed by atoms with van der Waals surface area (Å²) in [6.45, 7) is 2.16. The Bertz CT molecular complexity index is 352. The molecule has 0 fully saturated rings. The highest BCUT2D eigenvalue weighted by Crippen LogP contribution is 2.17. The van der Waals surface area contributed by atoms with Crippen LogP contribution in [0, 0.1) is 0 Å². The summed E-state index contributed by atoms with van der Waals surface area (Å²) in [6.07, 6.45) is 2.17. The van der Waals surface area contributed by atoms with Gasteiger partial charge in [0, 0.05) is 17.1 Å². The van der Waals surface area contributed by atoms with Crippen molar-refractivity contribution in [2.24, 2.45) is 0 Å². The first kappa shape index (κ1) is 13.9. The molecule has 0 aliphatic heterocycles. The van der Waals surface area contributed by atoms with Gasteiger partial charge in [0.25, 0.3) is 0 Å². The number of benzene rings is 1. The number of anilines is 1. The smallest absolute Gasteiger partial charge is 0.319 e. The number of hydrogen-bond acceptors (Lipinski definition) is 3. The number of nitrogens with one attached hydrogen (secondary N) is 2. The number of hydrogen-bond donors (Lipinski definition) is 3. The van der Waals surface area contributed by atoms with Gasteiger partial charge in [0.1, 0.15) is 0 Å². The third-order valence-electron chi connectivity index (χ3n) is 2.20. The summed E-state index contributed by atoms with van der Waals surface area (Å²) < 4.78 is 0. The maximum Gasteiger partial charge on any atom is 0.319 e. The van der Waals surface area contributed by atoms with Crippen LogP contribution in [0.1, 0.15) is 13.3 Å². The minimum absolute atomic E-state index is 0.248. The molecule has 0 bridgehead atoms. The minimum atomic E-state index is -0.392. The van der Waals surface area contributed by atoms with Crippen LogP contribution in [0.2, 0.25) is 0 Å². The molecule has 0 radical (unpaired) electrons. The summed E-state index contributed by atoms with van der Waals surface area (Å²) in [5.41, 5.74) is 0.761. The number of amides is 2. The second-order valence-electron chi connectivity index (χ2n) is 3.75. The third kappa shape index (κ3) is 5.60. The van der Waals surface area contributed by atoms with Gasteiger partial charge in [-0.05, 0) is 43.9 Å². The van der Waals surface area contributed by atoms with E-state index in [0.29, 0.717) is 13.0 Å². The van der Waals surface area contributed by atoms with E-state index in [1.807, 2.05) is 30.5 Å². The second kappa shape index (κ2) is 7.19. The summed E-state index contributed by atoms with van der Waals surface area (Å²) >= 11 is 1.66. The van der Waals surface area contributed by atoms with Crippen molar-refractivity contribution in [1.29, 1.82) is 0 Å². The Morgan fingerprint density at radius 3 is 2.59 bits per heavy atom. The van der Waals surface area contributed by atoms with E-state index in [4.69, 9.17) is 5.11 Å². The summed E-state index contributed by atoms with van der Waals surface area (Å²) in [7, 11) is 0. The molecular formula is C12H18N2O2S. The van der Waals surface area contributed by atoms with Crippen LogP contribution in [0.3, 0.4) is 0 Å². The van der Waals surface area contributed by atoms with Crippen molar-refractivity contribution in [3.05, 3.63) is 24.3 Å². The molecule has 0 heterocycles. The monoisotopic (exact) mass is 254 g/mol. The predicted molar refractivity (Wildman–Crippen MR) is 71.5 cm³/mol. The lowest BCUT2D eigenvalue weighted by molar-refractivity contribution is 0.184. The van der Waals surface area contributed by atoms with Crippen LogP contribution in [0.5, 0.6) is 0 Å². The summed E-state index contributed by atoms with van der Waals surface area (Å²) in [5.74, 6) is 0. The first-order valence-corrected chi connectivity index (χ1v) is 6.71. The zero-order valence-corrected chi connectivity index (χ0v) is 10.9. The zero-order chi connectivity index (χ0) is 12.7. The van der Waals surface area contributed by atoms with Crippen LogP contribution in [-0.2, 0) is 0 Å². The van der Waals surface area contributed by atoms with Crippen molar-refractivity contribution >= 4 is 23.5 Å². The molecule has 1 aromatic carbocycles. The predicted octanol–water partition coefficient (Wildman–Crippen LogP) is 2.30. The molecule has 0 saturated heterocycles. The van der Waals surface area contributed by atoms with Crippen molar-refractivity contribution < 1.29 is 9.90 Å². The average molecular weight is 254 g/mol. The summed E-state index contributed by atoms with van der Waals surface area (Å²) in [6, 6.07) is 7.38. The minimum Gasteiger partial charge on any atom is -0.393 e. The van der Waals surface area contributed by atoms with Gasteiger partial charge in [0.15, 0.2) is 0 Å². The maximum absolute atomic E-state index is 11.4. The Balaban J connectivity index is 2.34. The molecule has 1 atom stereocenters. The van der Waals surface area contributed by atoms with E-state index in [0.717, 1.165) is 10.6 Å². The Labute approximate surface area is 106 Å². The van der Waals surface area contributed by atoms with Gasteiger partial charge in [0.05, 0.1) is 6.10 Å². The number of carbonyl (C=O) groups is 1. The van der Waals surface area contributed by atoms with Gasteiger partial charge >= 0.3 is 6.03 Å². The molecule has 5 heteroatoms. The fourth-order valence-corrected chi connectivity index (χ4v) is 1.65. The van der Waals surface area contributed by atoms with E-state index < -0.39 is 6.10 Å². The van der Waals surface area contributed by atoms with E-state index in [9.17, 15) is 4.79 Å². The van der Waals surface area contributed by atoms with E-state index in [1.165, 1.54) is 0 Å². The van der Waals surface area contributed by atoms with E-state index >= 15 is 0 Å². The molecule has 3 N–H and O–H groups in total. The highest BCUT2D eigenvalue weighted by Gasteiger charge is 2.02. The molecule has 1 rings (SSSR count). The standard InChI is InChI=1S/C12H18N2O2S/c1-9(15)7-8-13-12(16)14-10-3-5-11(17-2)6-4-10/h3-6,9,15H,7-8H2,1-2H3,(H2,13,14,16). The molecule has 0 aromatic heterocycles. The molecule has 17 heavy (non-hydrogen) atoms. The van der Waals surface area contributed by atoms with Crippen LogP contribution in [0.15, 0.2) is 29.2 Å². The van der Waals surface area contributed by atoms with Gasteiger partial charge < -0.3 is 15.7 Å². The topological polar surface area (TPSA) is 61.4 Å². The maximum atomic E-state index is 11.4. The number of aliphatic hydroxyl groups is 1. The molecule has 1 unspecified atom stereocenters. The lowest BCUT2D eigenvalue weighted by Gasteiger charge is -2.08. The normalized spacial score (nSPS) is 11.9. The van der Waals surface area contributed by atoms with Crippen LogP contribution in [-0.4, -0.2) is 30.0 Å². The van der Waals surface area contributed by atoms with Crippen molar-refractivity contribution in [3.63, 3.8) is 0 Å². The van der Waals surface area contributed by atoms with Crippen LogP contribution >= 0.6 is 11.8 Å². The number of carbonyl (C=O) groups excluding carboxylic acids is 1. The van der Waals surface area contributed by atoms with E-state index in [-0.39, 0.29) is 6.03 Å². The lowest BCUT2D eigenvalue weighted by atomic mass is 10.3.